The van der Waals surface area contributed by atoms with Crippen LogP contribution in [-0.2, 0) is 0 Å². The largest absolute Gasteiger partial charge is 0.497 e. The number of nitrogens with one attached hydrogen (secondary N) is 2. The molecule has 0 fully saturated rings. The summed E-state index contributed by atoms with van der Waals surface area (Å²) in [4.78, 5) is 0. The van der Waals surface area contributed by atoms with Crippen LogP contribution in [0.1, 0.15) is 0 Å². The number of anilines is 3. The van der Waals surface area contributed by atoms with Crippen LogP contribution in [0.4, 0.5) is 17.2 Å². The molecule has 17 heavy (non-hydrogen) atoms. The third kappa shape index (κ3) is 2.25. The van der Waals surface area contributed by atoms with Gasteiger partial charge in [-0.2, -0.15) is 5.10 Å². The second-order valence-corrected chi connectivity index (χ2v) is 3.39. The summed E-state index contributed by atoms with van der Waals surface area (Å²) in [5.41, 5.74) is 7.15. The molecule has 1 heterocycles. The molecule has 0 radical (unpaired) electrons. The van der Waals surface area contributed by atoms with E-state index in [1.54, 1.807) is 20.4 Å². The third-order valence-corrected chi connectivity index (χ3v) is 2.34. The maximum atomic E-state index is 5.70. The standard InChI is InChI=1S/C11H14N4O2/c1-16-7-3-4-10(17-2)8(5-7)14-9-6-13-15-11(9)12/h3-6,14H,1-2H3,(H3,12,13,15). The van der Waals surface area contributed by atoms with Crippen LogP contribution >= 0.6 is 0 Å². The second kappa shape index (κ2) is 4.65. The summed E-state index contributed by atoms with van der Waals surface area (Å²) >= 11 is 0. The lowest BCUT2D eigenvalue weighted by molar-refractivity contribution is 0.405. The third-order valence-electron chi connectivity index (χ3n) is 2.34. The minimum Gasteiger partial charge on any atom is -0.497 e. The highest BCUT2D eigenvalue weighted by atomic mass is 16.5. The molecule has 0 aliphatic heterocycles. The van der Waals surface area contributed by atoms with Gasteiger partial charge in [-0.05, 0) is 12.1 Å². The van der Waals surface area contributed by atoms with Crippen molar-refractivity contribution in [3.63, 3.8) is 0 Å². The smallest absolute Gasteiger partial charge is 0.143 e. The molecule has 0 unspecified atom stereocenters. The number of methoxy groups -OCH3 is 2. The number of nitrogens with zero attached hydrogens (tertiary/aromatic N) is 1. The molecule has 1 aromatic heterocycles. The molecule has 0 amide bonds. The highest BCUT2D eigenvalue weighted by Gasteiger charge is 2.08. The van der Waals surface area contributed by atoms with Gasteiger partial charge < -0.3 is 20.5 Å². The van der Waals surface area contributed by atoms with Crippen LogP contribution in [0.3, 0.4) is 0 Å². The van der Waals surface area contributed by atoms with Crippen molar-refractivity contribution in [2.75, 3.05) is 25.3 Å². The van der Waals surface area contributed by atoms with Crippen molar-refractivity contribution >= 4 is 17.2 Å². The Hall–Kier alpha value is -2.37. The summed E-state index contributed by atoms with van der Waals surface area (Å²) in [5.74, 6) is 1.90. The number of nitrogen functional groups attached to an aromatic ring is 1. The lowest BCUT2D eigenvalue weighted by atomic mass is 10.2. The zero-order valence-electron chi connectivity index (χ0n) is 9.65. The average Bonchev–Trinajstić information content (AvgIpc) is 2.75. The van der Waals surface area contributed by atoms with Crippen molar-refractivity contribution < 1.29 is 9.47 Å². The average molecular weight is 234 g/mol. The Balaban J connectivity index is 2.33. The first-order valence-corrected chi connectivity index (χ1v) is 5.02. The maximum absolute atomic E-state index is 5.70. The Morgan fingerprint density at radius 1 is 1.24 bits per heavy atom. The van der Waals surface area contributed by atoms with Crippen molar-refractivity contribution in [1.82, 2.24) is 10.2 Å². The van der Waals surface area contributed by atoms with Gasteiger partial charge in [0.05, 0.1) is 26.1 Å². The second-order valence-electron chi connectivity index (χ2n) is 3.39. The Labute approximate surface area is 98.7 Å². The predicted octanol–water partition coefficient (Wildman–Crippen LogP) is 1.75. The fraction of sp³-hybridized carbons (Fsp3) is 0.182. The van der Waals surface area contributed by atoms with E-state index in [-0.39, 0.29) is 0 Å². The number of hydrogen-bond acceptors (Lipinski definition) is 5. The summed E-state index contributed by atoms with van der Waals surface area (Å²) in [5, 5.41) is 9.60. The van der Waals surface area contributed by atoms with Crippen LogP contribution < -0.4 is 20.5 Å². The zero-order valence-corrected chi connectivity index (χ0v) is 9.65. The van der Waals surface area contributed by atoms with Crippen molar-refractivity contribution in [2.45, 2.75) is 0 Å². The van der Waals surface area contributed by atoms with E-state index in [1.807, 2.05) is 18.2 Å². The molecule has 1 aromatic carbocycles. The van der Waals surface area contributed by atoms with E-state index in [1.165, 1.54) is 0 Å². The molecule has 6 nitrogen and oxygen atoms in total. The molecule has 0 bridgehead atoms. The van der Waals surface area contributed by atoms with Gasteiger partial charge in [0.25, 0.3) is 0 Å². The molecule has 0 spiro atoms. The van der Waals surface area contributed by atoms with E-state index in [0.717, 1.165) is 11.4 Å². The molecule has 2 rings (SSSR count). The number of aromatic amines is 1. The molecule has 90 valence electrons. The van der Waals surface area contributed by atoms with E-state index in [4.69, 9.17) is 15.2 Å². The van der Waals surface area contributed by atoms with E-state index >= 15 is 0 Å². The normalized spacial score (nSPS) is 10.0. The van der Waals surface area contributed by atoms with Gasteiger partial charge in [0, 0.05) is 6.07 Å². The van der Waals surface area contributed by atoms with E-state index in [0.29, 0.717) is 17.3 Å². The van der Waals surface area contributed by atoms with Gasteiger partial charge in [-0.25, -0.2) is 0 Å². The van der Waals surface area contributed by atoms with Crippen LogP contribution in [0.5, 0.6) is 11.5 Å². The van der Waals surface area contributed by atoms with Crippen molar-refractivity contribution in [2.24, 2.45) is 0 Å². The SMILES string of the molecule is COc1ccc(OC)c(Nc2cn[nH]c2N)c1. The van der Waals surface area contributed by atoms with Crippen LogP contribution in [0, 0.1) is 0 Å². The monoisotopic (exact) mass is 234 g/mol. The first-order chi connectivity index (χ1) is 8.24. The van der Waals surface area contributed by atoms with E-state index in [9.17, 15) is 0 Å². The Morgan fingerprint density at radius 2 is 2.06 bits per heavy atom. The molecular formula is C11H14N4O2. The fourth-order valence-electron chi connectivity index (χ4n) is 1.45. The highest BCUT2D eigenvalue weighted by molar-refractivity contribution is 5.73. The van der Waals surface area contributed by atoms with E-state index in [2.05, 4.69) is 15.5 Å². The fourth-order valence-corrected chi connectivity index (χ4v) is 1.45. The molecule has 4 N–H and O–H groups in total. The summed E-state index contributed by atoms with van der Waals surface area (Å²) in [7, 11) is 3.21. The maximum Gasteiger partial charge on any atom is 0.143 e. The number of nitrogens with two attached hydrogens (primary N) is 1. The quantitative estimate of drug-likeness (QED) is 0.750. The van der Waals surface area contributed by atoms with Gasteiger partial charge in [-0.3, -0.25) is 5.10 Å². The lowest BCUT2D eigenvalue weighted by Gasteiger charge is -2.11. The molecule has 0 saturated carbocycles. The van der Waals surface area contributed by atoms with Crippen LogP contribution in [-0.4, -0.2) is 24.4 Å². The lowest BCUT2D eigenvalue weighted by Crippen LogP contribution is -1.97. The van der Waals surface area contributed by atoms with Gasteiger partial charge in [0.2, 0.25) is 0 Å². The van der Waals surface area contributed by atoms with Crippen molar-refractivity contribution in [3.05, 3.63) is 24.4 Å². The molecule has 0 aliphatic carbocycles. The minimum absolute atomic E-state index is 0.467. The number of rotatable bonds is 4. The summed E-state index contributed by atoms with van der Waals surface area (Å²) in [6.07, 6.45) is 1.61. The Bertz CT molecular complexity index is 510. The summed E-state index contributed by atoms with van der Waals surface area (Å²) < 4.78 is 10.4. The van der Waals surface area contributed by atoms with Gasteiger partial charge in [-0.1, -0.05) is 0 Å². The zero-order chi connectivity index (χ0) is 12.3. The Morgan fingerprint density at radius 3 is 2.65 bits per heavy atom. The van der Waals surface area contributed by atoms with Gasteiger partial charge in [0.1, 0.15) is 23.0 Å². The van der Waals surface area contributed by atoms with Crippen LogP contribution in [0.2, 0.25) is 0 Å². The topological polar surface area (TPSA) is 85.2 Å². The van der Waals surface area contributed by atoms with Crippen molar-refractivity contribution in [3.8, 4) is 11.5 Å². The van der Waals surface area contributed by atoms with Crippen LogP contribution in [0.25, 0.3) is 0 Å². The number of H-pyrrole nitrogens is 1. The number of benzene rings is 1. The predicted molar refractivity (Wildman–Crippen MR) is 65.8 cm³/mol. The van der Waals surface area contributed by atoms with Gasteiger partial charge >= 0.3 is 0 Å². The molecule has 0 atom stereocenters. The van der Waals surface area contributed by atoms with Gasteiger partial charge in [-0.15, -0.1) is 0 Å². The van der Waals surface area contributed by atoms with Crippen molar-refractivity contribution in [1.29, 1.82) is 0 Å². The van der Waals surface area contributed by atoms with Gasteiger partial charge in [0.15, 0.2) is 0 Å². The van der Waals surface area contributed by atoms with E-state index < -0.39 is 0 Å². The molecule has 6 heteroatoms. The molecular weight excluding hydrogens is 220 g/mol. The Kier molecular flexibility index (Phi) is 3.04. The number of hydrogen-bond donors (Lipinski definition) is 3. The number of aromatic nitrogens is 2. The van der Waals surface area contributed by atoms with Crippen LogP contribution in [0.15, 0.2) is 24.4 Å². The highest BCUT2D eigenvalue weighted by Crippen LogP contribution is 2.32. The molecule has 2 aromatic rings. The first-order valence-electron chi connectivity index (χ1n) is 5.02. The number of ether oxygens (including phenoxy) is 2. The summed E-state index contributed by atoms with van der Waals surface area (Å²) in [6.45, 7) is 0. The molecule has 0 aliphatic rings. The first kappa shape index (κ1) is 11.1. The summed E-state index contributed by atoms with van der Waals surface area (Å²) in [6, 6.07) is 5.46. The minimum atomic E-state index is 0.467. The molecule has 0 saturated heterocycles.